The fraction of sp³-hybridized carbons (Fsp3) is 0.222. The number of anilines is 1. The summed E-state index contributed by atoms with van der Waals surface area (Å²) in [6, 6.07) is 11.3. The van der Waals surface area contributed by atoms with Gasteiger partial charge in [-0.1, -0.05) is 24.3 Å². The van der Waals surface area contributed by atoms with Gasteiger partial charge in [-0.25, -0.2) is 13.6 Å². The average molecular weight is 428 g/mol. The first-order valence-electron chi connectivity index (χ1n) is 8.26. The van der Waals surface area contributed by atoms with Crippen molar-refractivity contribution in [2.75, 3.05) is 11.9 Å². The Morgan fingerprint density at radius 3 is 2.34 bits per heavy atom. The Bertz CT molecular complexity index is 965. The minimum atomic E-state index is -3.79. The summed E-state index contributed by atoms with van der Waals surface area (Å²) in [5.74, 6) is -1.60. The number of hydrogen-bond acceptors (Lipinski definition) is 6. The molecule has 0 unspecified atom stereocenters. The molecule has 11 heteroatoms. The van der Waals surface area contributed by atoms with Gasteiger partial charge in [0.15, 0.2) is 6.61 Å². The van der Waals surface area contributed by atoms with E-state index in [9.17, 15) is 26.8 Å². The zero-order chi connectivity index (χ0) is 21.4. The van der Waals surface area contributed by atoms with Crippen molar-refractivity contribution in [2.45, 2.75) is 24.3 Å². The highest BCUT2D eigenvalue weighted by Gasteiger charge is 2.13. The smallest absolute Gasteiger partial charge is 0.387 e. The van der Waals surface area contributed by atoms with Gasteiger partial charge in [0.05, 0.1) is 10.6 Å². The first-order chi connectivity index (χ1) is 13.6. The number of sulfonamides is 1. The molecule has 8 nitrogen and oxygen atoms in total. The van der Waals surface area contributed by atoms with Crippen LogP contribution in [0.3, 0.4) is 0 Å². The monoisotopic (exact) mass is 428 g/mol. The summed E-state index contributed by atoms with van der Waals surface area (Å²) in [6.45, 7) is -3.66. The molecule has 156 valence electrons. The summed E-state index contributed by atoms with van der Waals surface area (Å²) in [4.78, 5) is 23.6. The Balaban J connectivity index is 1.80. The predicted molar refractivity (Wildman–Crippen MR) is 98.8 cm³/mol. The molecule has 0 radical (unpaired) electrons. The van der Waals surface area contributed by atoms with E-state index in [1.807, 2.05) is 0 Å². The van der Waals surface area contributed by atoms with Gasteiger partial charge in [-0.15, -0.1) is 0 Å². The first-order valence-corrected chi connectivity index (χ1v) is 9.81. The number of alkyl halides is 2. The molecule has 0 bridgehead atoms. The molecule has 2 aromatic carbocycles. The van der Waals surface area contributed by atoms with Gasteiger partial charge in [-0.05, 0) is 36.2 Å². The minimum absolute atomic E-state index is 0.0174. The largest absolute Gasteiger partial charge is 0.456 e. The molecule has 0 aromatic heterocycles. The van der Waals surface area contributed by atoms with Crippen molar-refractivity contribution in [3.05, 3.63) is 54.1 Å². The Hall–Kier alpha value is -3.05. The molecule has 0 fully saturated rings. The van der Waals surface area contributed by atoms with Crippen LogP contribution in [-0.2, 0) is 30.8 Å². The van der Waals surface area contributed by atoms with E-state index in [1.165, 1.54) is 48.5 Å². The SMILES string of the molecule is NS(=O)(=O)c1ccc(CCC(=O)OCC(=O)Nc2ccccc2OC(F)F)cc1. The van der Waals surface area contributed by atoms with Gasteiger partial charge in [-0.2, -0.15) is 8.78 Å². The normalized spacial score (nSPS) is 11.2. The van der Waals surface area contributed by atoms with E-state index >= 15 is 0 Å². The third kappa shape index (κ3) is 7.47. The average Bonchev–Trinajstić information content (AvgIpc) is 2.65. The fourth-order valence-electron chi connectivity index (χ4n) is 2.27. The highest BCUT2D eigenvalue weighted by Crippen LogP contribution is 2.25. The lowest BCUT2D eigenvalue weighted by molar-refractivity contribution is -0.147. The number of ether oxygens (including phenoxy) is 2. The first kappa shape index (κ1) is 22.2. The molecular formula is C18H18F2N2O6S. The highest BCUT2D eigenvalue weighted by molar-refractivity contribution is 7.89. The van der Waals surface area contributed by atoms with Gasteiger partial charge in [-0.3, -0.25) is 9.59 Å². The topological polar surface area (TPSA) is 125 Å². The molecule has 0 heterocycles. The lowest BCUT2D eigenvalue weighted by Gasteiger charge is -2.11. The van der Waals surface area contributed by atoms with Crippen molar-refractivity contribution in [1.29, 1.82) is 0 Å². The standard InChI is InChI=1S/C18H18F2N2O6S/c19-18(20)28-15-4-2-1-3-14(15)22-16(23)11-27-17(24)10-7-12-5-8-13(9-6-12)29(21,25)26/h1-6,8-9,18H,7,10-11H2,(H,22,23)(H2,21,25,26). The minimum Gasteiger partial charge on any atom is -0.456 e. The van der Waals surface area contributed by atoms with Crippen LogP contribution in [0.5, 0.6) is 5.75 Å². The molecule has 0 aliphatic rings. The molecule has 0 atom stereocenters. The Morgan fingerprint density at radius 2 is 1.72 bits per heavy atom. The van der Waals surface area contributed by atoms with Crippen molar-refractivity contribution >= 4 is 27.6 Å². The molecule has 29 heavy (non-hydrogen) atoms. The van der Waals surface area contributed by atoms with Crippen molar-refractivity contribution in [3.8, 4) is 5.75 Å². The van der Waals surface area contributed by atoms with E-state index in [1.54, 1.807) is 0 Å². The summed E-state index contributed by atoms with van der Waals surface area (Å²) in [5.41, 5.74) is 0.695. The van der Waals surface area contributed by atoms with Crippen LogP contribution in [0, 0.1) is 0 Å². The Kier molecular flexibility index (Phi) is 7.62. The summed E-state index contributed by atoms with van der Waals surface area (Å²) in [7, 11) is -3.79. The number of nitrogens with two attached hydrogens (primary N) is 1. The number of para-hydroxylation sites is 2. The van der Waals surface area contributed by atoms with Crippen LogP contribution in [0.25, 0.3) is 0 Å². The second kappa shape index (κ2) is 9.94. The quantitative estimate of drug-likeness (QED) is 0.589. The molecule has 3 N–H and O–H groups in total. The van der Waals surface area contributed by atoms with Gasteiger partial charge < -0.3 is 14.8 Å². The van der Waals surface area contributed by atoms with Crippen molar-refractivity contribution < 1.29 is 36.3 Å². The van der Waals surface area contributed by atoms with E-state index in [2.05, 4.69) is 10.1 Å². The van der Waals surface area contributed by atoms with E-state index in [-0.39, 0.29) is 29.2 Å². The molecule has 0 aliphatic heterocycles. The lowest BCUT2D eigenvalue weighted by Crippen LogP contribution is -2.21. The Labute approximate surface area is 165 Å². The van der Waals surface area contributed by atoms with Crippen LogP contribution >= 0.6 is 0 Å². The van der Waals surface area contributed by atoms with Gasteiger partial charge in [0, 0.05) is 6.42 Å². The summed E-state index contributed by atoms with van der Waals surface area (Å²) < 4.78 is 56.2. The van der Waals surface area contributed by atoms with Crippen LogP contribution in [0.4, 0.5) is 14.5 Å². The van der Waals surface area contributed by atoms with Crippen LogP contribution < -0.4 is 15.2 Å². The maximum absolute atomic E-state index is 12.4. The number of hydrogen-bond donors (Lipinski definition) is 2. The second-order valence-electron chi connectivity index (χ2n) is 5.77. The highest BCUT2D eigenvalue weighted by atomic mass is 32.2. The van der Waals surface area contributed by atoms with E-state index in [0.717, 1.165) is 0 Å². The predicted octanol–water partition coefficient (Wildman–Crippen LogP) is 2.05. The number of carbonyl (C=O) groups excluding carboxylic acids is 2. The number of primary sulfonamides is 1. The fourth-order valence-corrected chi connectivity index (χ4v) is 2.78. The number of aryl methyl sites for hydroxylation is 1. The molecule has 0 saturated heterocycles. The van der Waals surface area contributed by atoms with Gasteiger partial charge in [0.1, 0.15) is 5.75 Å². The number of amides is 1. The summed E-state index contributed by atoms with van der Waals surface area (Å²) in [5, 5.41) is 7.32. The molecular weight excluding hydrogens is 410 g/mol. The van der Waals surface area contributed by atoms with Crippen molar-refractivity contribution in [1.82, 2.24) is 0 Å². The van der Waals surface area contributed by atoms with E-state index in [4.69, 9.17) is 9.88 Å². The third-order valence-corrected chi connectivity index (χ3v) is 4.54. The molecule has 0 saturated carbocycles. The number of benzene rings is 2. The van der Waals surface area contributed by atoms with Gasteiger partial charge >= 0.3 is 12.6 Å². The van der Waals surface area contributed by atoms with Crippen LogP contribution in [0.1, 0.15) is 12.0 Å². The number of nitrogens with one attached hydrogen (secondary N) is 1. The summed E-state index contributed by atoms with van der Waals surface area (Å²) in [6.07, 6.45) is 0.212. The lowest BCUT2D eigenvalue weighted by atomic mass is 10.1. The number of carbonyl (C=O) groups is 2. The molecule has 2 aromatic rings. The second-order valence-corrected chi connectivity index (χ2v) is 7.33. The molecule has 2 rings (SSSR count). The van der Waals surface area contributed by atoms with Crippen LogP contribution in [0.15, 0.2) is 53.4 Å². The molecule has 0 aliphatic carbocycles. The van der Waals surface area contributed by atoms with E-state index < -0.39 is 35.1 Å². The Morgan fingerprint density at radius 1 is 1.07 bits per heavy atom. The van der Waals surface area contributed by atoms with Crippen molar-refractivity contribution in [2.24, 2.45) is 5.14 Å². The van der Waals surface area contributed by atoms with E-state index in [0.29, 0.717) is 5.56 Å². The molecule has 0 spiro atoms. The maximum atomic E-state index is 12.4. The number of esters is 1. The maximum Gasteiger partial charge on any atom is 0.387 e. The number of rotatable bonds is 9. The summed E-state index contributed by atoms with van der Waals surface area (Å²) >= 11 is 0. The van der Waals surface area contributed by atoms with Gasteiger partial charge in [0.25, 0.3) is 5.91 Å². The zero-order valence-electron chi connectivity index (χ0n) is 15.0. The van der Waals surface area contributed by atoms with Crippen LogP contribution in [-0.4, -0.2) is 33.5 Å². The van der Waals surface area contributed by atoms with Crippen LogP contribution in [0.2, 0.25) is 0 Å². The van der Waals surface area contributed by atoms with Crippen molar-refractivity contribution in [3.63, 3.8) is 0 Å². The number of halogens is 2. The third-order valence-electron chi connectivity index (χ3n) is 3.61. The molecule has 1 amide bonds. The van der Waals surface area contributed by atoms with Gasteiger partial charge in [0.2, 0.25) is 10.0 Å². The zero-order valence-corrected chi connectivity index (χ0v) is 15.8.